The van der Waals surface area contributed by atoms with Crippen molar-refractivity contribution in [1.29, 1.82) is 0 Å². The number of hydrogen-bond acceptors (Lipinski definition) is 7. The second-order valence-electron chi connectivity index (χ2n) is 9.56. The van der Waals surface area contributed by atoms with Crippen molar-refractivity contribution in [2.75, 3.05) is 39.5 Å². The van der Waals surface area contributed by atoms with E-state index < -0.39 is 0 Å². The number of benzene rings is 2. The molecular weight excluding hydrogens is 502 g/mol. The number of ether oxygens (including phenoxy) is 1. The van der Waals surface area contributed by atoms with E-state index >= 15 is 0 Å². The Bertz CT molecular complexity index is 1470. The van der Waals surface area contributed by atoms with E-state index in [1.165, 1.54) is 6.33 Å². The largest absolute Gasteiger partial charge is 0.456 e. The molecule has 4 aromatic rings. The van der Waals surface area contributed by atoms with Crippen molar-refractivity contribution in [3.05, 3.63) is 72.0 Å². The maximum absolute atomic E-state index is 12.8. The molecule has 5 rings (SSSR count). The number of halogens is 1. The molecule has 1 saturated heterocycles. The summed E-state index contributed by atoms with van der Waals surface area (Å²) in [6.45, 7) is 1.96. The van der Waals surface area contributed by atoms with Crippen LogP contribution in [0.2, 0.25) is 5.02 Å². The van der Waals surface area contributed by atoms with E-state index in [9.17, 15) is 4.79 Å². The highest BCUT2D eigenvalue weighted by Crippen LogP contribution is 2.37. The lowest BCUT2D eigenvalue weighted by Gasteiger charge is -2.32. The number of fused-ring (bicyclic) bond motifs is 1. The van der Waals surface area contributed by atoms with Crippen molar-refractivity contribution in [2.45, 2.75) is 18.9 Å². The fraction of sp³-hybridized carbons (Fsp3) is 0.286. The number of nitrogen functional groups attached to an aromatic ring is 1. The molecule has 0 radical (unpaired) electrons. The average Bonchev–Trinajstić information content (AvgIpc) is 3.31. The van der Waals surface area contributed by atoms with Crippen molar-refractivity contribution >= 4 is 34.4 Å². The number of carbonyl (C=O) groups excluding carboxylic acids is 1. The predicted molar refractivity (Wildman–Crippen MR) is 149 cm³/mol. The summed E-state index contributed by atoms with van der Waals surface area (Å²) in [7, 11) is 3.94. The number of carbonyl (C=O) groups is 1. The van der Waals surface area contributed by atoms with Gasteiger partial charge in [0.25, 0.3) is 0 Å². The van der Waals surface area contributed by atoms with Crippen LogP contribution < -0.4 is 10.5 Å². The number of likely N-dealkylation sites (tertiary alicyclic amines) is 1. The van der Waals surface area contributed by atoms with E-state index in [4.69, 9.17) is 27.2 Å². The minimum absolute atomic E-state index is 0.00293. The lowest BCUT2D eigenvalue weighted by Crippen LogP contribution is -2.40. The van der Waals surface area contributed by atoms with Gasteiger partial charge in [-0.1, -0.05) is 35.9 Å². The molecule has 1 amide bonds. The molecular formula is C28H30ClN7O2. The molecule has 2 aromatic carbocycles. The fourth-order valence-corrected chi connectivity index (χ4v) is 4.84. The van der Waals surface area contributed by atoms with Crippen molar-refractivity contribution in [3.63, 3.8) is 0 Å². The number of piperidine rings is 1. The fourth-order valence-electron chi connectivity index (χ4n) is 4.62. The zero-order valence-corrected chi connectivity index (χ0v) is 22.2. The first-order valence-corrected chi connectivity index (χ1v) is 12.9. The van der Waals surface area contributed by atoms with Crippen LogP contribution in [0.5, 0.6) is 11.5 Å². The van der Waals surface area contributed by atoms with E-state index in [1.54, 1.807) is 6.08 Å². The molecule has 1 fully saturated rings. The van der Waals surface area contributed by atoms with Crippen LogP contribution in [-0.4, -0.2) is 69.2 Å². The van der Waals surface area contributed by atoms with Gasteiger partial charge in [-0.3, -0.25) is 4.79 Å². The minimum Gasteiger partial charge on any atom is -0.456 e. The van der Waals surface area contributed by atoms with Gasteiger partial charge in [-0.25, -0.2) is 14.6 Å². The topological polar surface area (TPSA) is 102 Å². The molecule has 38 heavy (non-hydrogen) atoms. The van der Waals surface area contributed by atoms with E-state index in [2.05, 4.69) is 9.97 Å². The van der Waals surface area contributed by atoms with E-state index in [0.717, 1.165) is 18.4 Å². The molecule has 0 saturated carbocycles. The van der Waals surface area contributed by atoms with Crippen LogP contribution in [0.1, 0.15) is 18.9 Å². The molecule has 1 aliphatic rings. The molecule has 9 nitrogen and oxygen atoms in total. The summed E-state index contributed by atoms with van der Waals surface area (Å²) in [5.74, 6) is 1.58. The summed E-state index contributed by atoms with van der Waals surface area (Å²) in [6, 6.07) is 14.9. The van der Waals surface area contributed by atoms with Crippen LogP contribution in [0.3, 0.4) is 0 Å². The van der Waals surface area contributed by atoms with E-state index in [0.29, 0.717) is 58.7 Å². The molecule has 2 aromatic heterocycles. The molecule has 1 aliphatic heterocycles. The Hall–Kier alpha value is -3.95. The Morgan fingerprint density at radius 3 is 2.79 bits per heavy atom. The second-order valence-corrected chi connectivity index (χ2v) is 9.96. The summed E-state index contributed by atoms with van der Waals surface area (Å²) in [6.07, 6.45) is 6.72. The van der Waals surface area contributed by atoms with Gasteiger partial charge in [0.05, 0.1) is 16.5 Å². The van der Waals surface area contributed by atoms with Crippen molar-refractivity contribution < 1.29 is 9.53 Å². The quantitative estimate of drug-likeness (QED) is 0.342. The number of para-hydroxylation sites is 1. The Balaban J connectivity index is 1.45. The number of aromatic nitrogens is 4. The van der Waals surface area contributed by atoms with Gasteiger partial charge in [-0.15, -0.1) is 0 Å². The third-order valence-corrected chi connectivity index (χ3v) is 6.77. The van der Waals surface area contributed by atoms with E-state index in [-0.39, 0.29) is 11.9 Å². The number of nitrogens with two attached hydrogens (primary N) is 1. The third kappa shape index (κ3) is 5.49. The average molecular weight is 532 g/mol. The van der Waals surface area contributed by atoms with Gasteiger partial charge in [0, 0.05) is 31.3 Å². The van der Waals surface area contributed by atoms with Crippen LogP contribution in [0.15, 0.2) is 67.0 Å². The number of nitrogens with zero attached hydrogens (tertiary/aromatic N) is 6. The Morgan fingerprint density at radius 1 is 1.21 bits per heavy atom. The molecule has 196 valence electrons. The lowest BCUT2D eigenvalue weighted by molar-refractivity contribution is -0.127. The molecule has 3 heterocycles. The van der Waals surface area contributed by atoms with Crippen molar-refractivity contribution in [3.8, 4) is 22.8 Å². The molecule has 0 spiro atoms. The first-order chi connectivity index (χ1) is 18.4. The van der Waals surface area contributed by atoms with Gasteiger partial charge in [0.2, 0.25) is 5.91 Å². The Kier molecular flexibility index (Phi) is 7.57. The maximum Gasteiger partial charge on any atom is 0.246 e. The Morgan fingerprint density at radius 2 is 2.03 bits per heavy atom. The molecule has 0 unspecified atom stereocenters. The normalized spacial score (nSPS) is 16.0. The first kappa shape index (κ1) is 25.7. The number of amides is 1. The van der Waals surface area contributed by atoms with Crippen LogP contribution in [-0.2, 0) is 4.79 Å². The molecule has 2 N–H and O–H groups in total. The Labute approximate surface area is 226 Å². The first-order valence-electron chi connectivity index (χ1n) is 12.5. The van der Waals surface area contributed by atoms with Gasteiger partial charge in [0.15, 0.2) is 5.65 Å². The van der Waals surface area contributed by atoms with Gasteiger partial charge < -0.3 is 20.3 Å². The summed E-state index contributed by atoms with van der Waals surface area (Å²) in [5, 5.41) is 6.06. The zero-order chi connectivity index (χ0) is 26.6. The third-order valence-electron chi connectivity index (χ3n) is 6.48. The number of likely N-dealkylation sites (N-methyl/N-ethyl adjacent to an activating group) is 1. The van der Waals surface area contributed by atoms with Gasteiger partial charge >= 0.3 is 0 Å². The smallest absolute Gasteiger partial charge is 0.246 e. The van der Waals surface area contributed by atoms with Gasteiger partial charge in [-0.05, 0) is 57.3 Å². The molecule has 10 heteroatoms. The summed E-state index contributed by atoms with van der Waals surface area (Å²) in [5.41, 5.74) is 8.37. The predicted octanol–water partition coefficient (Wildman–Crippen LogP) is 4.80. The van der Waals surface area contributed by atoms with Gasteiger partial charge in [0.1, 0.15) is 29.3 Å². The van der Waals surface area contributed by atoms with Crippen molar-refractivity contribution in [1.82, 2.24) is 29.5 Å². The highest BCUT2D eigenvalue weighted by atomic mass is 35.5. The summed E-state index contributed by atoms with van der Waals surface area (Å²) >= 11 is 6.62. The van der Waals surface area contributed by atoms with Gasteiger partial charge in [-0.2, -0.15) is 5.10 Å². The summed E-state index contributed by atoms with van der Waals surface area (Å²) in [4.78, 5) is 25.4. The van der Waals surface area contributed by atoms with E-state index in [1.807, 2.05) is 83.2 Å². The van der Waals surface area contributed by atoms with Crippen LogP contribution >= 0.6 is 11.6 Å². The van der Waals surface area contributed by atoms with Crippen LogP contribution in [0.4, 0.5) is 5.82 Å². The zero-order valence-electron chi connectivity index (χ0n) is 21.4. The summed E-state index contributed by atoms with van der Waals surface area (Å²) < 4.78 is 7.82. The SMILES string of the molecule is CN(C)C/C=C/C(=O)N1CCC[C@H](n2nc(-c3ccc(Oc4ccccc4)c(Cl)c3)c3c(N)ncnc32)C1. The van der Waals surface area contributed by atoms with Crippen LogP contribution in [0.25, 0.3) is 22.3 Å². The monoisotopic (exact) mass is 531 g/mol. The molecule has 1 atom stereocenters. The standard InChI is InChI=1S/C28H30ClN7O2/c1-34(2)14-7-11-24(37)35-15-6-8-20(17-35)36-28-25(27(30)31-18-32-28)26(33-36)19-12-13-23(22(29)16-19)38-21-9-4-3-5-10-21/h3-5,7,9-13,16,18,20H,6,8,14-15,17H2,1-2H3,(H2,30,31,32)/b11-7+/t20-/m0/s1. The van der Waals surface area contributed by atoms with Crippen LogP contribution in [0, 0.1) is 0 Å². The minimum atomic E-state index is -0.0448. The number of hydrogen-bond donors (Lipinski definition) is 1. The second kappa shape index (κ2) is 11.2. The van der Waals surface area contributed by atoms with Crippen molar-refractivity contribution in [2.24, 2.45) is 0 Å². The number of anilines is 1. The highest BCUT2D eigenvalue weighted by Gasteiger charge is 2.28. The molecule has 0 bridgehead atoms. The highest BCUT2D eigenvalue weighted by molar-refractivity contribution is 6.32. The maximum atomic E-state index is 12.8. The lowest BCUT2D eigenvalue weighted by atomic mass is 10.1. The molecule has 0 aliphatic carbocycles. The number of rotatable bonds is 7.